The van der Waals surface area contributed by atoms with Gasteiger partial charge < -0.3 is 10.6 Å². The Morgan fingerprint density at radius 3 is 2.54 bits per heavy atom. The van der Waals surface area contributed by atoms with Crippen LogP contribution in [-0.4, -0.2) is 22.4 Å². The van der Waals surface area contributed by atoms with Crippen LogP contribution in [0.15, 0.2) is 24.3 Å². The SMILES string of the molecule is CCCCCNc1cc(C(=O)Nc2ccc(C)c(C)c2)nc(C)n1. The molecule has 1 amide bonds. The summed E-state index contributed by atoms with van der Waals surface area (Å²) in [4.78, 5) is 21.1. The van der Waals surface area contributed by atoms with E-state index in [1.165, 1.54) is 18.4 Å². The number of unbranched alkanes of at least 4 members (excludes halogenated alkanes) is 2. The van der Waals surface area contributed by atoms with Crippen molar-refractivity contribution in [2.24, 2.45) is 0 Å². The van der Waals surface area contributed by atoms with E-state index in [0.29, 0.717) is 17.3 Å². The van der Waals surface area contributed by atoms with Gasteiger partial charge in [-0.15, -0.1) is 0 Å². The number of amides is 1. The van der Waals surface area contributed by atoms with E-state index in [4.69, 9.17) is 0 Å². The molecule has 128 valence electrons. The largest absolute Gasteiger partial charge is 0.370 e. The van der Waals surface area contributed by atoms with Crippen molar-refractivity contribution in [3.05, 3.63) is 46.9 Å². The molecule has 24 heavy (non-hydrogen) atoms. The zero-order valence-corrected chi connectivity index (χ0v) is 14.9. The van der Waals surface area contributed by atoms with E-state index in [-0.39, 0.29) is 5.91 Å². The molecule has 0 aliphatic heterocycles. The molecule has 1 aromatic heterocycles. The molecule has 0 aliphatic carbocycles. The fraction of sp³-hybridized carbons (Fsp3) is 0.421. The Kier molecular flexibility index (Phi) is 6.29. The summed E-state index contributed by atoms with van der Waals surface area (Å²) in [6, 6.07) is 7.57. The van der Waals surface area contributed by atoms with Crippen molar-refractivity contribution < 1.29 is 4.79 Å². The van der Waals surface area contributed by atoms with Crippen LogP contribution in [0, 0.1) is 20.8 Å². The van der Waals surface area contributed by atoms with Crippen molar-refractivity contribution in [3.63, 3.8) is 0 Å². The molecule has 0 fully saturated rings. The predicted octanol–water partition coefficient (Wildman–Crippen LogP) is 4.26. The van der Waals surface area contributed by atoms with Gasteiger partial charge in [0, 0.05) is 18.3 Å². The van der Waals surface area contributed by atoms with Crippen molar-refractivity contribution in [1.82, 2.24) is 9.97 Å². The zero-order chi connectivity index (χ0) is 17.5. The standard InChI is InChI=1S/C19H26N4O/c1-5-6-7-10-20-18-12-17(21-15(4)22-18)19(24)23-16-9-8-13(2)14(3)11-16/h8-9,11-12H,5-7,10H2,1-4H3,(H,23,24)(H,20,21,22). The summed E-state index contributed by atoms with van der Waals surface area (Å²) in [5.41, 5.74) is 3.49. The van der Waals surface area contributed by atoms with Gasteiger partial charge in [0.2, 0.25) is 0 Å². The number of hydrogen-bond acceptors (Lipinski definition) is 4. The number of carbonyl (C=O) groups excluding carboxylic acids is 1. The highest BCUT2D eigenvalue weighted by Crippen LogP contribution is 2.16. The van der Waals surface area contributed by atoms with Crippen LogP contribution in [0.3, 0.4) is 0 Å². The van der Waals surface area contributed by atoms with E-state index in [1.54, 1.807) is 13.0 Å². The van der Waals surface area contributed by atoms with Gasteiger partial charge >= 0.3 is 0 Å². The first-order valence-corrected chi connectivity index (χ1v) is 8.47. The van der Waals surface area contributed by atoms with Crippen molar-refractivity contribution >= 4 is 17.4 Å². The Bertz CT molecular complexity index is 713. The van der Waals surface area contributed by atoms with Gasteiger partial charge in [-0.3, -0.25) is 4.79 Å². The fourth-order valence-corrected chi connectivity index (χ4v) is 2.38. The minimum Gasteiger partial charge on any atom is -0.370 e. The summed E-state index contributed by atoms with van der Waals surface area (Å²) in [6.07, 6.45) is 3.44. The molecule has 0 saturated heterocycles. The summed E-state index contributed by atoms with van der Waals surface area (Å²) >= 11 is 0. The molecule has 0 saturated carbocycles. The number of rotatable bonds is 7. The quantitative estimate of drug-likeness (QED) is 0.746. The third-order valence-corrected chi connectivity index (χ3v) is 3.92. The van der Waals surface area contributed by atoms with E-state index in [0.717, 1.165) is 24.2 Å². The number of carbonyl (C=O) groups is 1. The van der Waals surface area contributed by atoms with Crippen molar-refractivity contribution in [1.29, 1.82) is 0 Å². The van der Waals surface area contributed by atoms with Gasteiger partial charge in [0.15, 0.2) is 0 Å². The lowest BCUT2D eigenvalue weighted by molar-refractivity contribution is 0.102. The second kappa shape index (κ2) is 8.43. The van der Waals surface area contributed by atoms with Gasteiger partial charge in [-0.25, -0.2) is 9.97 Å². The first-order valence-electron chi connectivity index (χ1n) is 8.47. The van der Waals surface area contributed by atoms with Gasteiger partial charge in [-0.2, -0.15) is 0 Å². The lowest BCUT2D eigenvalue weighted by Gasteiger charge is -2.10. The Morgan fingerprint density at radius 1 is 1.04 bits per heavy atom. The van der Waals surface area contributed by atoms with Gasteiger partial charge in [0.25, 0.3) is 5.91 Å². The predicted molar refractivity (Wildman–Crippen MR) is 98.7 cm³/mol. The summed E-state index contributed by atoms with van der Waals surface area (Å²) in [6.45, 7) is 8.89. The molecule has 2 aromatic rings. The first kappa shape index (κ1) is 17.9. The summed E-state index contributed by atoms with van der Waals surface area (Å²) in [5, 5.41) is 6.16. The molecule has 0 bridgehead atoms. The molecular weight excluding hydrogens is 300 g/mol. The maximum atomic E-state index is 12.5. The lowest BCUT2D eigenvalue weighted by Crippen LogP contribution is -2.16. The molecule has 0 spiro atoms. The lowest BCUT2D eigenvalue weighted by atomic mass is 10.1. The maximum absolute atomic E-state index is 12.5. The van der Waals surface area contributed by atoms with Crippen LogP contribution in [-0.2, 0) is 0 Å². The van der Waals surface area contributed by atoms with Crippen molar-refractivity contribution in [3.8, 4) is 0 Å². The minimum absolute atomic E-state index is 0.222. The number of benzene rings is 1. The normalized spacial score (nSPS) is 10.5. The van der Waals surface area contributed by atoms with Gasteiger partial charge in [-0.1, -0.05) is 25.8 Å². The summed E-state index contributed by atoms with van der Waals surface area (Å²) < 4.78 is 0. The molecule has 2 rings (SSSR count). The topological polar surface area (TPSA) is 66.9 Å². The Hall–Kier alpha value is -2.43. The highest BCUT2D eigenvalue weighted by Gasteiger charge is 2.11. The Labute approximate surface area is 143 Å². The molecule has 5 heteroatoms. The van der Waals surface area contributed by atoms with Gasteiger partial charge in [0.1, 0.15) is 17.3 Å². The van der Waals surface area contributed by atoms with E-state index >= 15 is 0 Å². The fourth-order valence-electron chi connectivity index (χ4n) is 2.38. The molecule has 2 N–H and O–H groups in total. The highest BCUT2D eigenvalue weighted by molar-refractivity contribution is 6.03. The van der Waals surface area contributed by atoms with Crippen LogP contribution in [0.1, 0.15) is 53.6 Å². The smallest absolute Gasteiger partial charge is 0.274 e. The average molecular weight is 326 g/mol. The van der Waals surface area contributed by atoms with Crippen LogP contribution < -0.4 is 10.6 Å². The Morgan fingerprint density at radius 2 is 1.83 bits per heavy atom. The minimum atomic E-state index is -0.222. The second-order valence-electron chi connectivity index (χ2n) is 6.07. The maximum Gasteiger partial charge on any atom is 0.274 e. The van der Waals surface area contributed by atoms with Gasteiger partial charge in [0.05, 0.1) is 0 Å². The van der Waals surface area contributed by atoms with Crippen LogP contribution in [0.4, 0.5) is 11.5 Å². The van der Waals surface area contributed by atoms with Crippen LogP contribution >= 0.6 is 0 Å². The number of aromatic nitrogens is 2. The number of nitrogens with one attached hydrogen (secondary N) is 2. The number of aryl methyl sites for hydroxylation is 3. The van der Waals surface area contributed by atoms with E-state index in [2.05, 4.69) is 27.5 Å². The van der Waals surface area contributed by atoms with E-state index in [1.807, 2.05) is 32.0 Å². The molecular formula is C19H26N4O. The molecule has 0 aliphatic rings. The molecule has 0 atom stereocenters. The summed E-state index contributed by atoms with van der Waals surface area (Å²) in [5.74, 6) is 1.06. The zero-order valence-electron chi connectivity index (χ0n) is 14.9. The van der Waals surface area contributed by atoms with Crippen LogP contribution in [0.5, 0.6) is 0 Å². The molecule has 0 unspecified atom stereocenters. The molecule has 1 heterocycles. The third-order valence-electron chi connectivity index (χ3n) is 3.92. The van der Waals surface area contributed by atoms with Crippen LogP contribution in [0.2, 0.25) is 0 Å². The van der Waals surface area contributed by atoms with Gasteiger partial charge in [-0.05, 0) is 50.5 Å². The summed E-state index contributed by atoms with van der Waals surface area (Å²) in [7, 11) is 0. The van der Waals surface area contributed by atoms with E-state index in [9.17, 15) is 4.79 Å². The van der Waals surface area contributed by atoms with Crippen molar-refractivity contribution in [2.45, 2.75) is 47.0 Å². The Balaban J connectivity index is 2.07. The monoisotopic (exact) mass is 326 g/mol. The number of hydrogen-bond donors (Lipinski definition) is 2. The van der Waals surface area contributed by atoms with Crippen LogP contribution in [0.25, 0.3) is 0 Å². The number of anilines is 2. The third kappa shape index (κ3) is 5.05. The van der Waals surface area contributed by atoms with Crippen molar-refractivity contribution in [2.75, 3.05) is 17.2 Å². The molecule has 0 radical (unpaired) electrons. The number of nitrogens with zero attached hydrogens (tertiary/aromatic N) is 2. The molecule has 1 aromatic carbocycles. The van der Waals surface area contributed by atoms with E-state index < -0.39 is 0 Å². The first-order chi connectivity index (χ1) is 11.5. The highest BCUT2D eigenvalue weighted by atomic mass is 16.1. The average Bonchev–Trinajstić information content (AvgIpc) is 2.54. The second-order valence-corrected chi connectivity index (χ2v) is 6.07. The molecule has 5 nitrogen and oxygen atoms in total.